The molecule has 1 aliphatic heterocycles. The Morgan fingerprint density at radius 1 is 1.32 bits per heavy atom. The zero-order valence-corrected chi connectivity index (χ0v) is 11.6. The lowest BCUT2D eigenvalue weighted by atomic mass is 9.99. The molecule has 2 aromatic heterocycles. The minimum atomic E-state index is 0.0201. The molecule has 100 valence electrons. The Morgan fingerprint density at radius 2 is 2.05 bits per heavy atom. The fourth-order valence-electron chi connectivity index (χ4n) is 2.44. The predicted octanol–water partition coefficient (Wildman–Crippen LogP) is 2.86. The highest BCUT2D eigenvalue weighted by molar-refractivity contribution is 6.30. The van der Waals surface area contributed by atoms with E-state index in [0.29, 0.717) is 16.6 Å². The van der Waals surface area contributed by atoms with Crippen molar-refractivity contribution in [2.45, 2.75) is 19.8 Å². The van der Waals surface area contributed by atoms with Crippen molar-refractivity contribution in [3.05, 3.63) is 35.2 Å². The molecular weight excluding hydrogens is 262 g/mol. The fraction of sp³-hybridized carbons (Fsp3) is 0.429. The Kier molecular flexibility index (Phi) is 3.19. The number of rotatable bonds is 1. The molecule has 0 aromatic carbocycles. The van der Waals surface area contributed by atoms with Gasteiger partial charge in [-0.1, -0.05) is 18.5 Å². The second-order valence-electron chi connectivity index (χ2n) is 5.21. The molecule has 0 bridgehead atoms. The summed E-state index contributed by atoms with van der Waals surface area (Å²) in [6.07, 6.45) is 5.66. The third-order valence-corrected chi connectivity index (χ3v) is 3.93. The van der Waals surface area contributed by atoms with Crippen LogP contribution in [0.2, 0.25) is 5.02 Å². The van der Waals surface area contributed by atoms with E-state index < -0.39 is 0 Å². The molecular formula is C14H16ClN3O. The first-order chi connectivity index (χ1) is 9.13. The first-order valence-corrected chi connectivity index (χ1v) is 6.95. The van der Waals surface area contributed by atoms with Crippen molar-refractivity contribution >= 4 is 23.2 Å². The Balaban J connectivity index is 1.85. The van der Waals surface area contributed by atoms with Gasteiger partial charge in [0, 0.05) is 25.5 Å². The van der Waals surface area contributed by atoms with Gasteiger partial charge in [-0.05, 0) is 30.9 Å². The number of hydrogen-bond acceptors (Lipinski definition) is 2. The Morgan fingerprint density at radius 3 is 2.79 bits per heavy atom. The van der Waals surface area contributed by atoms with Crippen molar-refractivity contribution in [1.82, 2.24) is 14.3 Å². The van der Waals surface area contributed by atoms with Crippen LogP contribution in [0.25, 0.3) is 5.65 Å². The van der Waals surface area contributed by atoms with Crippen LogP contribution in [-0.4, -0.2) is 33.3 Å². The van der Waals surface area contributed by atoms with Crippen LogP contribution in [0.3, 0.4) is 0 Å². The van der Waals surface area contributed by atoms with Crippen molar-refractivity contribution in [3.8, 4) is 0 Å². The van der Waals surface area contributed by atoms with Crippen LogP contribution in [0.4, 0.5) is 0 Å². The van der Waals surface area contributed by atoms with Gasteiger partial charge in [0.2, 0.25) is 0 Å². The molecule has 0 atom stereocenters. The van der Waals surface area contributed by atoms with Crippen LogP contribution in [0, 0.1) is 5.92 Å². The van der Waals surface area contributed by atoms with Crippen molar-refractivity contribution < 1.29 is 4.79 Å². The van der Waals surface area contributed by atoms with Crippen LogP contribution in [0.1, 0.15) is 30.3 Å². The number of imidazole rings is 1. The summed E-state index contributed by atoms with van der Waals surface area (Å²) >= 11 is 5.93. The van der Waals surface area contributed by atoms with Gasteiger partial charge in [-0.3, -0.25) is 4.79 Å². The molecule has 5 heteroatoms. The molecule has 0 radical (unpaired) electrons. The summed E-state index contributed by atoms with van der Waals surface area (Å²) < 4.78 is 1.79. The normalized spacial score (nSPS) is 17.1. The third-order valence-electron chi connectivity index (χ3n) is 3.70. The molecule has 2 aromatic rings. The largest absolute Gasteiger partial charge is 0.337 e. The van der Waals surface area contributed by atoms with Gasteiger partial charge in [-0.25, -0.2) is 4.98 Å². The number of aromatic nitrogens is 2. The van der Waals surface area contributed by atoms with Crippen molar-refractivity contribution in [2.75, 3.05) is 13.1 Å². The molecule has 0 unspecified atom stereocenters. The minimum Gasteiger partial charge on any atom is -0.337 e. The van der Waals surface area contributed by atoms with E-state index in [9.17, 15) is 4.79 Å². The quantitative estimate of drug-likeness (QED) is 0.804. The number of fused-ring (bicyclic) bond motifs is 1. The van der Waals surface area contributed by atoms with E-state index in [-0.39, 0.29) is 5.91 Å². The molecule has 0 saturated carbocycles. The van der Waals surface area contributed by atoms with Gasteiger partial charge in [0.05, 0.1) is 5.02 Å². The minimum absolute atomic E-state index is 0.0201. The molecule has 0 aliphatic carbocycles. The van der Waals surface area contributed by atoms with Crippen LogP contribution in [-0.2, 0) is 0 Å². The van der Waals surface area contributed by atoms with Gasteiger partial charge in [0.25, 0.3) is 5.91 Å². The molecule has 4 nitrogen and oxygen atoms in total. The number of carbonyl (C=O) groups excluding carboxylic acids is 1. The van der Waals surface area contributed by atoms with E-state index in [1.807, 2.05) is 11.0 Å². The van der Waals surface area contributed by atoms with Crippen molar-refractivity contribution in [1.29, 1.82) is 0 Å². The molecule has 0 N–H and O–H groups in total. The van der Waals surface area contributed by atoms with Crippen LogP contribution in [0.5, 0.6) is 0 Å². The maximum absolute atomic E-state index is 12.4. The number of nitrogens with zero attached hydrogens (tertiary/aromatic N) is 3. The second kappa shape index (κ2) is 4.85. The molecule has 1 fully saturated rings. The predicted molar refractivity (Wildman–Crippen MR) is 74.5 cm³/mol. The number of pyridine rings is 1. The lowest BCUT2D eigenvalue weighted by Crippen LogP contribution is -2.38. The van der Waals surface area contributed by atoms with Crippen molar-refractivity contribution in [2.24, 2.45) is 5.92 Å². The van der Waals surface area contributed by atoms with E-state index in [4.69, 9.17) is 11.6 Å². The van der Waals surface area contributed by atoms with E-state index in [1.54, 1.807) is 22.9 Å². The Labute approximate surface area is 117 Å². The lowest BCUT2D eigenvalue weighted by Gasteiger charge is -2.29. The average molecular weight is 278 g/mol. The summed E-state index contributed by atoms with van der Waals surface area (Å²) in [4.78, 5) is 18.6. The summed E-state index contributed by atoms with van der Waals surface area (Å²) in [6.45, 7) is 3.89. The molecule has 0 spiro atoms. The average Bonchev–Trinajstić information content (AvgIpc) is 2.81. The van der Waals surface area contributed by atoms with E-state index in [1.165, 1.54) is 0 Å². The zero-order chi connectivity index (χ0) is 13.4. The number of halogens is 1. The van der Waals surface area contributed by atoms with Gasteiger partial charge in [0.15, 0.2) is 0 Å². The maximum atomic E-state index is 12.4. The number of hydrogen-bond donors (Lipinski definition) is 0. The molecule has 3 rings (SSSR count). The highest BCUT2D eigenvalue weighted by Crippen LogP contribution is 2.18. The Hall–Kier alpha value is -1.55. The van der Waals surface area contributed by atoms with Gasteiger partial charge < -0.3 is 9.30 Å². The number of amides is 1. The van der Waals surface area contributed by atoms with E-state index >= 15 is 0 Å². The summed E-state index contributed by atoms with van der Waals surface area (Å²) in [5.41, 5.74) is 1.25. The van der Waals surface area contributed by atoms with E-state index in [2.05, 4.69) is 11.9 Å². The molecule has 1 saturated heterocycles. The summed E-state index contributed by atoms with van der Waals surface area (Å²) in [5, 5.41) is 0.635. The summed E-state index contributed by atoms with van der Waals surface area (Å²) in [5.74, 6) is 0.732. The van der Waals surface area contributed by atoms with Gasteiger partial charge in [-0.2, -0.15) is 0 Å². The van der Waals surface area contributed by atoms with Gasteiger partial charge in [0.1, 0.15) is 11.3 Å². The molecule has 3 heterocycles. The van der Waals surface area contributed by atoms with Crippen LogP contribution < -0.4 is 0 Å². The zero-order valence-electron chi connectivity index (χ0n) is 10.8. The maximum Gasteiger partial charge on any atom is 0.274 e. The van der Waals surface area contributed by atoms with Gasteiger partial charge in [-0.15, -0.1) is 0 Å². The standard InChI is InChI=1S/C14H16ClN3O/c1-10-4-6-17(7-5-10)14(19)12-9-18-8-11(15)2-3-13(18)16-12/h2-3,8-10H,4-7H2,1H3. The second-order valence-corrected chi connectivity index (χ2v) is 5.65. The first kappa shape index (κ1) is 12.5. The monoisotopic (exact) mass is 277 g/mol. The number of likely N-dealkylation sites (tertiary alicyclic amines) is 1. The molecule has 1 amide bonds. The SMILES string of the molecule is CC1CCN(C(=O)c2cn3cc(Cl)ccc3n2)CC1. The molecule has 19 heavy (non-hydrogen) atoms. The molecule has 1 aliphatic rings. The van der Waals surface area contributed by atoms with Crippen LogP contribution >= 0.6 is 11.6 Å². The third kappa shape index (κ3) is 2.45. The number of piperidine rings is 1. The van der Waals surface area contributed by atoms with Crippen LogP contribution in [0.15, 0.2) is 24.5 Å². The summed E-state index contributed by atoms with van der Waals surface area (Å²) in [7, 11) is 0. The van der Waals surface area contributed by atoms with Crippen molar-refractivity contribution in [3.63, 3.8) is 0 Å². The summed E-state index contributed by atoms with van der Waals surface area (Å²) in [6, 6.07) is 3.60. The Bertz CT molecular complexity index is 614. The smallest absolute Gasteiger partial charge is 0.274 e. The van der Waals surface area contributed by atoms with E-state index in [0.717, 1.165) is 31.6 Å². The first-order valence-electron chi connectivity index (χ1n) is 6.57. The topological polar surface area (TPSA) is 37.6 Å². The fourth-order valence-corrected chi connectivity index (χ4v) is 2.61. The lowest BCUT2D eigenvalue weighted by molar-refractivity contribution is 0.0692. The number of carbonyl (C=O) groups is 1. The highest BCUT2D eigenvalue weighted by Gasteiger charge is 2.23. The van der Waals surface area contributed by atoms with Gasteiger partial charge >= 0.3 is 0 Å². The highest BCUT2D eigenvalue weighted by atomic mass is 35.5.